The zero-order chi connectivity index (χ0) is 21.8. The maximum absolute atomic E-state index is 12.0. The average Bonchev–Trinajstić information content (AvgIpc) is 3.50. The molecule has 158 valence electrons. The van der Waals surface area contributed by atoms with Crippen molar-refractivity contribution < 1.29 is 18.7 Å². The lowest BCUT2D eigenvalue weighted by molar-refractivity contribution is -0.120. The van der Waals surface area contributed by atoms with Gasteiger partial charge >= 0.3 is 0 Å². The van der Waals surface area contributed by atoms with E-state index in [1.165, 1.54) is 0 Å². The van der Waals surface area contributed by atoms with Crippen molar-refractivity contribution in [3.05, 3.63) is 36.3 Å². The van der Waals surface area contributed by atoms with Gasteiger partial charge in [-0.25, -0.2) is 9.97 Å². The molecule has 5 rings (SSSR count). The normalized spacial score (nSPS) is 14.5. The number of fused-ring (bicyclic) bond motifs is 2. The molecule has 31 heavy (non-hydrogen) atoms. The average molecular weight is 419 g/mol. The van der Waals surface area contributed by atoms with Crippen molar-refractivity contribution in [1.82, 2.24) is 15.0 Å². The van der Waals surface area contributed by atoms with Gasteiger partial charge in [0.25, 0.3) is 0 Å². The second-order valence-corrected chi connectivity index (χ2v) is 7.50. The number of nitrogens with two attached hydrogens (primary N) is 1. The summed E-state index contributed by atoms with van der Waals surface area (Å²) in [7, 11) is 4.92. The number of methoxy groups -OCH3 is 2. The van der Waals surface area contributed by atoms with Gasteiger partial charge in [-0.05, 0) is 31.0 Å². The van der Waals surface area contributed by atoms with Crippen LogP contribution >= 0.6 is 0 Å². The fourth-order valence-corrected chi connectivity index (χ4v) is 3.94. The monoisotopic (exact) mass is 419 g/mol. The molecule has 3 aromatic heterocycles. The molecule has 0 bridgehead atoms. The van der Waals surface area contributed by atoms with Gasteiger partial charge in [0.05, 0.1) is 30.9 Å². The first-order valence-electron chi connectivity index (χ1n) is 9.81. The summed E-state index contributed by atoms with van der Waals surface area (Å²) in [6.45, 7) is 0. The second kappa shape index (κ2) is 6.83. The van der Waals surface area contributed by atoms with Gasteiger partial charge in [0.1, 0.15) is 5.82 Å². The Morgan fingerprint density at radius 1 is 1.16 bits per heavy atom. The molecular formula is C22H21N5O4. The molecule has 9 heteroatoms. The fourth-order valence-electron chi connectivity index (χ4n) is 3.94. The molecule has 1 saturated carbocycles. The van der Waals surface area contributed by atoms with Gasteiger partial charge in [-0.2, -0.15) is 0 Å². The van der Waals surface area contributed by atoms with Gasteiger partial charge in [0, 0.05) is 30.2 Å². The van der Waals surface area contributed by atoms with Crippen LogP contribution in [0.1, 0.15) is 18.5 Å². The van der Waals surface area contributed by atoms with E-state index in [2.05, 4.69) is 20.3 Å². The number of nitrogens with one attached hydrogen (secondary N) is 1. The smallest absolute Gasteiger partial charge is 0.229 e. The number of primary amides is 1. The topological polar surface area (TPSA) is 125 Å². The van der Waals surface area contributed by atoms with Crippen molar-refractivity contribution in [2.45, 2.75) is 18.3 Å². The Bertz CT molecular complexity index is 1340. The number of rotatable bonds is 6. The van der Waals surface area contributed by atoms with Gasteiger partial charge in [0.2, 0.25) is 11.8 Å². The van der Waals surface area contributed by atoms with Crippen LogP contribution in [0.25, 0.3) is 33.3 Å². The lowest BCUT2D eigenvalue weighted by Crippen LogP contribution is -2.29. The number of carbonyl (C=O) groups is 1. The third-order valence-electron chi connectivity index (χ3n) is 5.85. The number of ether oxygens (including phenoxy) is 2. The van der Waals surface area contributed by atoms with Crippen molar-refractivity contribution in [2.75, 3.05) is 26.6 Å². The largest absolute Gasteiger partial charge is 0.493 e. The molecule has 1 aromatic carbocycles. The van der Waals surface area contributed by atoms with Crippen molar-refractivity contribution in [2.24, 2.45) is 5.73 Å². The van der Waals surface area contributed by atoms with Gasteiger partial charge < -0.3 is 24.9 Å². The summed E-state index contributed by atoms with van der Waals surface area (Å²) in [6.07, 6.45) is 4.79. The lowest BCUT2D eigenvalue weighted by atomic mass is 9.98. The van der Waals surface area contributed by atoms with Crippen LogP contribution in [0.2, 0.25) is 0 Å². The van der Waals surface area contributed by atoms with E-state index in [0.29, 0.717) is 58.4 Å². The van der Waals surface area contributed by atoms with Crippen molar-refractivity contribution in [3.8, 4) is 23.0 Å². The predicted octanol–water partition coefficient (Wildman–Crippen LogP) is 3.01. The molecular weight excluding hydrogens is 398 g/mol. The maximum atomic E-state index is 12.0. The van der Waals surface area contributed by atoms with E-state index in [-0.39, 0.29) is 5.91 Å². The molecule has 0 radical (unpaired) electrons. The van der Waals surface area contributed by atoms with Crippen LogP contribution in [-0.4, -0.2) is 42.1 Å². The highest BCUT2D eigenvalue weighted by molar-refractivity contribution is 6.02. The van der Waals surface area contributed by atoms with Gasteiger partial charge in [0.15, 0.2) is 22.6 Å². The highest BCUT2D eigenvalue weighted by Crippen LogP contribution is 2.48. The van der Waals surface area contributed by atoms with E-state index in [1.807, 2.05) is 6.07 Å². The minimum Gasteiger partial charge on any atom is -0.493 e. The summed E-state index contributed by atoms with van der Waals surface area (Å²) in [4.78, 5) is 25.7. The van der Waals surface area contributed by atoms with E-state index in [1.54, 1.807) is 45.8 Å². The van der Waals surface area contributed by atoms with Crippen LogP contribution < -0.4 is 20.5 Å². The fraction of sp³-hybridized carbons (Fsp3) is 0.273. The van der Waals surface area contributed by atoms with Gasteiger partial charge in [-0.15, -0.1) is 0 Å². The predicted molar refractivity (Wildman–Crippen MR) is 115 cm³/mol. The van der Waals surface area contributed by atoms with E-state index >= 15 is 0 Å². The Morgan fingerprint density at radius 2 is 1.97 bits per heavy atom. The number of carbonyl (C=O) groups excluding carboxylic acids is 1. The van der Waals surface area contributed by atoms with Crippen molar-refractivity contribution in [3.63, 3.8) is 0 Å². The SMILES string of the molecule is CNc1ncc(-c2nc3c(OC)c(OC)ccc3o2)c2cc(C3(C(N)=O)CC3)ncc12. The molecule has 1 amide bonds. The summed E-state index contributed by atoms with van der Waals surface area (Å²) < 4.78 is 16.9. The summed E-state index contributed by atoms with van der Waals surface area (Å²) in [5.41, 5.74) is 7.40. The molecule has 1 aliphatic carbocycles. The second-order valence-electron chi connectivity index (χ2n) is 7.50. The van der Waals surface area contributed by atoms with Gasteiger partial charge in [-0.1, -0.05) is 0 Å². The molecule has 0 atom stereocenters. The molecule has 9 nitrogen and oxygen atoms in total. The first-order valence-corrected chi connectivity index (χ1v) is 9.81. The van der Waals surface area contributed by atoms with Crippen LogP contribution in [0.5, 0.6) is 11.5 Å². The Hall–Kier alpha value is -3.88. The summed E-state index contributed by atoms with van der Waals surface area (Å²) >= 11 is 0. The molecule has 0 unspecified atom stereocenters. The molecule has 4 aromatic rings. The Morgan fingerprint density at radius 3 is 2.61 bits per heavy atom. The quantitative estimate of drug-likeness (QED) is 0.488. The molecule has 0 saturated heterocycles. The number of nitrogens with zero attached hydrogens (tertiary/aromatic N) is 3. The molecule has 0 aliphatic heterocycles. The number of benzene rings is 1. The molecule has 3 heterocycles. The Kier molecular flexibility index (Phi) is 4.21. The van der Waals surface area contributed by atoms with Gasteiger partial charge in [-0.3, -0.25) is 9.78 Å². The number of anilines is 1. The third kappa shape index (κ3) is 2.77. The van der Waals surface area contributed by atoms with Crippen LogP contribution in [0, 0.1) is 0 Å². The maximum Gasteiger partial charge on any atom is 0.229 e. The van der Waals surface area contributed by atoms with E-state index in [4.69, 9.17) is 19.6 Å². The molecule has 3 N–H and O–H groups in total. The number of hydrogen-bond acceptors (Lipinski definition) is 8. The minimum atomic E-state index is -0.702. The van der Waals surface area contributed by atoms with Crippen LogP contribution in [-0.2, 0) is 10.2 Å². The van der Waals surface area contributed by atoms with Crippen LogP contribution in [0.15, 0.2) is 35.0 Å². The Labute approximate surface area is 177 Å². The van der Waals surface area contributed by atoms with E-state index in [0.717, 1.165) is 10.8 Å². The number of aromatic nitrogens is 3. The third-order valence-corrected chi connectivity index (χ3v) is 5.85. The van der Waals surface area contributed by atoms with E-state index in [9.17, 15) is 4.79 Å². The number of hydrogen-bond donors (Lipinski definition) is 2. The van der Waals surface area contributed by atoms with Crippen molar-refractivity contribution >= 4 is 33.6 Å². The standard InChI is InChI=1S/C22H21N5O4/c1-24-19-12-9-25-16(22(6-7-22)21(23)28)8-11(12)13(10-26-19)20-27-17-14(31-20)4-5-15(29-2)18(17)30-3/h4-5,8-10H,6-7H2,1-3H3,(H2,23,28)(H,24,26). The lowest BCUT2D eigenvalue weighted by Gasteiger charge is -2.13. The zero-order valence-corrected chi connectivity index (χ0v) is 17.4. The highest BCUT2D eigenvalue weighted by atomic mass is 16.5. The minimum absolute atomic E-state index is 0.359. The first kappa shape index (κ1) is 19.1. The number of pyridine rings is 2. The summed E-state index contributed by atoms with van der Waals surface area (Å²) in [5.74, 6) is 1.74. The number of oxazole rings is 1. The molecule has 1 fully saturated rings. The van der Waals surface area contributed by atoms with E-state index < -0.39 is 5.41 Å². The first-order chi connectivity index (χ1) is 15.0. The summed E-state index contributed by atoms with van der Waals surface area (Å²) in [5, 5.41) is 4.68. The Balaban J connectivity index is 1.75. The molecule has 0 spiro atoms. The van der Waals surface area contributed by atoms with Crippen molar-refractivity contribution in [1.29, 1.82) is 0 Å². The van der Waals surface area contributed by atoms with Crippen LogP contribution in [0.4, 0.5) is 5.82 Å². The summed E-state index contributed by atoms with van der Waals surface area (Å²) in [6, 6.07) is 5.43. The van der Waals surface area contributed by atoms with Crippen LogP contribution in [0.3, 0.4) is 0 Å². The zero-order valence-electron chi connectivity index (χ0n) is 17.4. The molecule has 1 aliphatic rings. The highest BCUT2D eigenvalue weighted by Gasteiger charge is 2.51. The number of amides is 1.